The highest BCUT2D eigenvalue weighted by atomic mass is 31.2. The molecular weight excluding hydrogens is 457 g/mol. The SMILES string of the molecule is CCCC[P+](CCCC)(CCCC)/N=C1\c2ccccc2CC1C1C2=CC=CC=C(/C=C\C=C/1[O-])C2. The van der Waals surface area contributed by atoms with Crippen LogP contribution >= 0.6 is 7.41 Å². The van der Waals surface area contributed by atoms with Crippen molar-refractivity contribution in [2.45, 2.75) is 72.1 Å². The second kappa shape index (κ2) is 12.9. The molecule has 0 aliphatic heterocycles. The summed E-state index contributed by atoms with van der Waals surface area (Å²) in [5.74, 6) is 0.218. The van der Waals surface area contributed by atoms with Crippen molar-refractivity contribution in [3.63, 3.8) is 0 Å². The van der Waals surface area contributed by atoms with Gasteiger partial charge in [0.1, 0.15) is 7.41 Å². The highest BCUT2D eigenvalue weighted by Gasteiger charge is 2.42. The Bertz CT molecular complexity index is 1060. The van der Waals surface area contributed by atoms with Gasteiger partial charge in [-0.05, 0) is 43.2 Å². The molecular formula is C33H44NOP. The zero-order valence-corrected chi connectivity index (χ0v) is 23.5. The lowest BCUT2D eigenvalue weighted by atomic mass is 9.78. The third kappa shape index (κ3) is 6.20. The lowest BCUT2D eigenvalue weighted by molar-refractivity contribution is -0.314. The van der Waals surface area contributed by atoms with Crippen molar-refractivity contribution in [2.24, 2.45) is 16.6 Å². The van der Waals surface area contributed by atoms with E-state index in [2.05, 4.69) is 75.4 Å². The zero-order chi connectivity index (χ0) is 25.4. The van der Waals surface area contributed by atoms with Crippen LogP contribution in [-0.2, 0) is 6.42 Å². The summed E-state index contributed by atoms with van der Waals surface area (Å²) >= 11 is 0. The molecule has 0 heterocycles. The van der Waals surface area contributed by atoms with Gasteiger partial charge in [0.05, 0.1) is 24.2 Å². The van der Waals surface area contributed by atoms with Gasteiger partial charge >= 0.3 is 0 Å². The first-order valence-electron chi connectivity index (χ1n) is 14.3. The van der Waals surface area contributed by atoms with Crippen molar-refractivity contribution in [3.8, 4) is 0 Å². The summed E-state index contributed by atoms with van der Waals surface area (Å²) in [6.07, 6.45) is 27.4. The molecule has 0 fully saturated rings. The fourth-order valence-electron chi connectivity index (χ4n) is 6.01. The molecule has 192 valence electrons. The Morgan fingerprint density at radius 2 is 1.53 bits per heavy atom. The van der Waals surface area contributed by atoms with Crippen molar-refractivity contribution in [1.29, 1.82) is 0 Å². The molecule has 0 amide bonds. The van der Waals surface area contributed by atoms with Crippen molar-refractivity contribution < 1.29 is 5.11 Å². The summed E-state index contributed by atoms with van der Waals surface area (Å²) in [5.41, 5.74) is 6.44. The van der Waals surface area contributed by atoms with Gasteiger partial charge in [0.25, 0.3) is 0 Å². The summed E-state index contributed by atoms with van der Waals surface area (Å²) in [7, 11) is -1.51. The maximum absolute atomic E-state index is 13.7. The van der Waals surface area contributed by atoms with Crippen LogP contribution in [0.3, 0.4) is 0 Å². The molecule has 3 aliphatic rings. The topological polar surface area (TPSA) is 35.4 Å². The average Bonchev–Trinajstić information content (AvgIpc) is 3.05. The Kier molecular flexibility index (Phi) is 9.60. The minimum absolute atomic E-state index is 0.126. The largest absolute Gasteiger partial charge is 0.875 e. The van der Waals surface area contributed by atoms with Crippen LogP contribution in [-0.4, -0.2) is 24.2 Å². The van der Waals surface area contributed by atoms with E-state index in [-0.39, 0.29) is 17.6 Å². The fourth-order valence-corrected chi connectivity index (χ4v) is 10.4. The summed E-state index contributed by atoms with van der Waals surface area (Å²) in [4.78, 5) is 0. The smallest absolute Gasteiger partial charge is 0.133 e. The summed E-state index contributed by atoms with van der Waals surface area (Å²) in [6.45, 7) is 6.93. The van der Waals surface area contributed by atoms with Gasteiger partial charge in [0.2, 0.25) is 0 Å². The number of hydrogen-bond acceptors (Lipinski definition) is 2. The summed E-state index contributed by atoms with van der Waals surface area (Å²) < 4.78 is 5.92. The van der Waals surface area contributed by atoms with Crippen LogP contribution in [0.2, 0.25) is 0 Å². The van der Waals surface area contributed by atoms with Crippen LogP contribution in [0.1, 0.15) is 76.8 Å². The molecule has 36 heavy (non-hydrogen) atoms. The monoisotopic (exact) mass is 501 g/mol. The number of rotatable bonds is 11. The minimum Gasteiger partial charge on any atom is -0.875 e. The van der Waals surface area contributed by atoms with Gasteiger partial charge in [-0.15, -0.1) is 10.5 Å². The van der Waals surface area contributed by atoms with Gasteiger partial charge < -0.3 is 5.11 Å². The second-order valence-electron chi connectivity index (χ2n) is 10.7. The quantitative estimate of drug-likeness (QED) is 0.281. The van der Waals surface area contributed by atoms with Crippen LogP contribution in [0.5, 0.6) is 0 Å². The van der Waals surface area contributed by atoms with Crippen molar-refractivity contribution in [3.05, 3.63) is 94.8 Å². The van der Waals surface area contributed by atoms with Crippen LogP contribution in [0.25, 0.3) is 0 Å². The van der Waals surface area contributed by atoms with Crippen LogP contribution < -0.4 is 5.11 Å². The average molecular weight is 502 g/mol. The molecule has 0 N–H and O–H groups in total. The molecule has 0 radical (unpaired) electrons. The number of fused-ring (bicyclic) bond motifs is 3. The highest BCUT2D eigenvalue weighted by Crippen LogP contribution is 2.63. The normalized spacial score (nSPS) is 24.8. The molecule has 0 saturated carbocycles. The maximum atomic E-state index is 13.7. The Labute approximate surface area is 220 Å². The summed E-state index contributed by atoms with van der Waals surface area (Å²) in [5, 5.41) is 13.7. The third-order valence-corrected chi connectivity index (χ3v) is 12.1. The molecule has 2 unspecified atom stereocenters. The first kappa shape index (κ1) is 26.9. The maximum Gasteiger partial charge on any atom is 0.133 e. The van der Waals surface area contributed by atoms with E-state index in [0.717, 1.165) is 12.8 Å². The van der Waals surface area contributed by atoms with Crippen molar-refractivity contribution >= 4 is 13.1 Å². The molecule has 0 spiro atoms. The zero-order valence-electron chi connectivity index (χ0n) is 22.6. The van der Waals surface area contributed by atoms with Crippen LogP contribution in [0, 0.1) is 11.8 Å². The fraction of sp³-hybridized carbons (Fsp3) is 0.485. The van der Waals surface area contributed by atoms with Gasteiger partial charge in [-0.1, -0.05) is 112 Å². The van der Waals surface area contributed by atoms with Crippen molar-refractivity contribution in [1.82, 2.24) is 0 Å². The third-order valence-electron chi connectivity index (χ3n) is 8.01. The van der Waals surface area contributed by atoms with Gasteiger partial charge in [-0.3, -0.25) is 0 Å². The van der Waals surface area contributed by atoms with Gasteiger partial charge in [0, 0.05) is 17.4 Å². The molecule has 3 aliphatic carbocycles. The predicted molar refractivity (Wildman–Crippen MR) is 157 cm³/mol. The molecule has 3 heteroatoms. The number of unbranched alkanes of at least 4 members (excludes halogenated alkanes) is 3. The first-order chi connectivity index (χ1) is 17.6. The molecule has 0 saturated heterocycles. The van der Waals surface area contributed by atoms with E-state index in [0.29, 0.717) is 0 Å². The van der Waals surface area contributed by atoms with Gasteiger partial charge in [-0.25, -0.2) is 0 Å². The van der Waals surface area contributed by atoms with E-state index in [1.807, 2.05) is 12.2 Å². The van der Waals surface area contributed by atoms with E-state index in [4.69, 9.17) is 4.76 Å². The molecule has 2 bridgehead atoms. The Morgan fingerprint density at radius 1 is 0.861 bits per heavy atom. The molecule has 1 aromatic rings. The molecule has 2 atom stereocenters. The van der Waals surface area contributed by atoms with E-state index in [9.17, 15) is 5.11 Å². The van der Waals surface area contributed by atoms with Gasteiger partial charge in [0.15, 0.2) is 0 Å². The lowest BCUT2D eigenvalue weighted by Crippen LogP contribution is -2.31. The molecule has 4 rings (SSSR count). The molecule has 1 aromatic carbocycles. The van der Waals surface area contributed by atoms with Gasteiger partial charge in [-0.2, -0.15) is 0 Å². The number of benzene rings is 1. The second-order valence-corrected chi connectivity index (χ2v) is 14.5. The Balaban J connectivity index is 1.84. The molecule has 2 nitrogen and oxygen atoms in total. The standard InChI is InChI=1S/C33H44NOP/c1-4-7-21-36(22-8-5-2,23-9-6-3)34-33-29-19-13-12-17-27(29)25-30(33)32-28-18-11-10-15-26(24-28)16-14-20-31(32)35/h10-20,30,32H,4-9,21-25H2,1-3H3/b16-14-,31-20+,34-33+. The van der Waals surface area contributed by atoms with E-state index in [1.165, 1.54) is 85.0 Å². The Morgan fingerprint density at radius 3 is 2.22 bits per heavy atom. The van der Waals surface area contributed by atoms with Crippen LogP contribution in [0.15, 0.2) is 88.5 Å². The first-order valence-corrected chi connectivity index (χ1v) is 16.6. The van der Waals surface area contributed by atoms with Crippen molar-refractivity contribution in [2.75, 3.05) is 18.5 Å². The predicted octanol–water partition coefficient (Wildman–Crippen LogP) is 8.22. The number of hydrogen-bond donors (Lipinski definition) is 0. The van der Waals surface area contributed by atoms with E-state index >= 15 is 0 Å². The van der Waals surface area contributed by atoms with E-state index < -0.39 is 7.41 Å². The van der Waals surface area contributed by atoms with E-state index in [1.54, 1.807) is 0 Å². The minimum atomic E-state index is -1.51. The number of nitrogens with zero attached hydrogens (tertiary/aromatic N) is 1. The lowest BCUT2D eigenvalue weighted by Gasteiger charge is -2.34. The number of allylic oxidation sites excluding steroid dienone is 9. The van der Waals surface area contributed by atoms with Crippen LogP contribution in [0.4, 0.5) is 0 Å². The Hall–Kier alpha value is -2.18. The highest BCUT2D eigenvalue weighted by molar-refractivity contribution is 7.74. The molecule has 0 aromatic heterocycles. The summed E-state index contributed by atoms with van der Waals surface area (Å²) in [6, 6.07) is 8.84.